The van der Waals surface area contributed by atoms with Gasteiger partial charge in [-0.3, -0.25) is 0 Å². The Morgan fingerprint density at radius 3 is 2.43 bits per heavy atom. The van der Waals surface area contributed by atoms with Crippen molar-refractivity contribution in [1.82, 2.24) is 5.32 Å². The smallest absolute Gasteiger partial charge is 0.0701 e. The SMILES string of the molecule is CNC1(C(C)(C)c2ccc(Br)s2)CC1. The summed E-state index contributed by atoms with van der Waals surface area (Å²) in [6.45, 7) is 4.68. The third-order valence-electron chi connectivity index (χ3n) is 3.61. The molecule has 0 radical (unpaired) electrons. The summed E-state index contributed by atoms with van der Waals surface area (Å²) < 4.78 is 1.23. The lowest BCUT2D eigenvalue weighted by atomic mass is 9.80. The van der Waals surface area contributed by atoms with E-state index in [1.807, 2.05) is 11.3 Å². The number of halogens is 1. The Labute approximate surface area is 98.0 Å². The monoisotopic (exact) mass is 273 g/mol. The summed E-state index contributed by atoms with van der Waals surface area (Å²) in [4.78, 5) is 1.47. The highest BCUT2D eigenvalue weighted by Crippen LogP contribution is 2.52. The molecule has 0 amide bonds. The van der Waals surface area contributed by atoms with Crippen molar-refractivity contribution in [2.75, 3.05) is 7.05 Å². The molecule has 2 rings (SSSR count). The average Bonchev–Trinajstić information content (AvgIpc) is 2.84. The second kappa shape index (κ2) is 3.32. The molecule has 0 atom stereocenters. The molecule has 0 spiro atoms. The second-order valence-electron chi connectivity index (χ2n) is 4.56. The highest BCUT2D eigenvalue weighted by atomic mass is 79.9. The van der Waals surface area contributed by atoms with Crippen LogP contribution in [0.25, 0.3) is 0 Å². The Balaban J connectivity index is 2.32. The molecule has 1 aromatic rings. The Morgan fingerprint density at radius 2 is 2.07 bits per heavy atom. The zero-order valence-electron chi connectivity index (χ0n) is 8.86. The summed E-state index contributed by atoms with van der Waals surface area (Å²) in [5.41, 5.74) is 0.593. The van der Waals surface area contributed by atoms with Gasteiger partial charge in [-0.15, -0.1) is 11.3 Å². The van der Waals surface area contributed by atoms with Crippen molar-refractivity contribution in [3.8, 4) is 0 Å². The van der Waals surface area contributed by atoms with Crippen LogP contribution >= 0.6 is 27.3 Å². The van der Waals surface area contributed by atoms with Gasteiger partial charge < -0.3 is 5.32 Å². The van der Waals surface area contributed by atoms with Gasteiger partial charge in [0.1, 0.15) is 0 Å². The maximum absolute atomic E-state index is 3.53. The second-order valence-corrected chi connectivity index (χ2v) is 7.02. The predicted molar refractivity (Wildman–Crippen MR) is 66.1 cm³/mol. The molecule has 1 nitrogen and oxygen atoms in total. The summed E-state index contributed by atoms with van der Waals surface area (Å²) in [5.74, 6) is 0. The highest BCUT2D eigenvalue weighted by Gasteiger charge is 2.54. The third kappa shape index (κ3) is 1.46. The third-order valence-corrected chi connectivity index (χ3v) is 5.56. The molecule has 0 bridgehead atoms. The standard InChI is InChI=1S/C11H16BrNS/c1-10(2,11(13-3)6-7-11)8-4-5-9(12)14-8/h4-5,13H,6-7H2,1-3H3. The van der Waals surface area contributed by atoms with Gasteiger partial charge in [0.15, 0.2) is 0 Å². The van der Waals surface area contributed by atoms with E-state index in [-0.39, 0.29) is 5.41 Å². The molecule has 0 unspecified atom stereocenters. The normalized spacial score (nSPS) is 19.7. The quantitative estimate of drug-likeness (QED) is 0.889. The van der Waals surface area contributed by atoms with Gasteiger partial charge in [-0.05, 0) is 48.0 Å². The van der Waals surface area contributed by atoms with Crippen LogP contribution in [-0.2, 0) is 5.41 Å². The molecule has 0 aromatic carbocycles. The Bertz CT molecular complexity index is 339. The van der Waals surface area contributed by atoms with Crippen LogP contribution in [0.2, 0.25) is 0 Å². The topological polar surface area (TPSA) is 12.0 Å². The molecule has 0 saturated heterocycles. The van der Waals surface area contributed by atoms with E-state index >= 15 is 0 Å². The van der Waals surface area contributed by atoms with Crippen molar-refractivity contribution in [2.45, 2.75) is 37.6 Å². The van der Waals surface area contributed by atoms with Crippen molar-refractivity contribution < 1.29 is 0 Å². The Morgan fingerprint density at radius 1 is 1.43 bits per heavy atom. The minimum absolute atomic E-state index is 0.248. The van der Waals surface area contributed by atoms with Crippen LogP contribution in [0.5, 0.6) is 0 Å². The number of hydrogen-bond acceptors (Lipinski definition) is 2. The molecule has 1 aromatic heterocycles. The zero-order chi connectivity index (χ0) is 10.4. The molecule has 1 aliphatic carbocycles. The largest absolute Gasteiger partial charge is 0.313 e. The van der Waals surface area contributed by atoms with Gasteiger partial charge in [0, 0.05) is 15.8 Å². The van der Waals surface area contributed by atoms with Crippen molar-refractivity contribution in [3.63, 3.8) is 0 Å². The van der Waals surface area contributed by atoms with Crippen molar-refractivity contribution >= 4 is 27.3 Å². The first-order chi connectivity index (χ1) is 6.52. The van der Waals surface area contributed by atoms with E-state index in [2.05, 4.69) is 54.3 Å². The summed E-state index contributed by atoms with van der Waals surface area (Å²) >= 11 is 5.39. The lowest BCUT2D eigenvalue weighted by Crippen LogP contribution is -2.45. The number of hydrogen-bond donors (Lipinski definition) is 1. The van der Waals surface area contributed by atoms with Gasteiger partial charge in [0.05, 0.1) is 3.79 Å². The highest BCUT2D eigenvalue weighted by molar-refractivity contribution is 9.11. The molecule has 1 N–H and O–H groups in total. The molecule has 14 heavy (non-hydrogen) atoms. The summed E-state index contributed by atoms with van der Waals surface area (Å²) in [6.07, 6.45) is 2.60. The van der Waals surface area contributed by atoms with Crippen LogP contribution in [0.3, 0.4) is 0 Å². The van der Waals surface area contributed by atoms with E-state index in [1.165, 1.54) is 21.5 Å². The maximum atomic E-state index is 3.53. The number of thiophene rings is 1. The fourth-order valence-electron chi connectivity index (χ4n) is 2.20. The summed E-state index contributed by atoms with van der Waals surface area (Å²) in [5, 5.41) is 3.49. The fourth-order valence-corrected chi connectivity index (χ4v) is 3.79. The Hall–Kier alpha value is 0.140. The first kappa shape index (κ1) is 10.7. The van der Waals surface area contributed by atoms with Gasteiger partial charge >= 0.3 is 0 Å². The molecule has 1 aliphatic rings. The van der Waals surface area contributed by atoms with Gasteiger partial charge in [0.2, 0.25) is 0 Å². The van der Waals surface area contributed by atoms with E-state index in [1.54, 1.807) is 0 Å². The van der Waals surface area contributed by atoms with Gasteiger partial charge in [0.25, 0.3) is 0 Å². The zero-order valence-corrected chi connectivity index (χ0v) is 11.3. The van der Waals surface area contributed by atoms with Crippen LogP contribution in [-0.4, -0.2) is 12.6 Å². The number of rotatable bonds is 3. The lowest BCUT2D eigenvalue weighted by Gasteiger charge is -2.33. The molecule has 1 saturated carbocycles. The average molecular weight is 274 g/mol. The van der Waals surface area contributed by atoms with Gasteiger partial charge in [-0.2, -0.15) is 0 Å². The van der Waals surface area contributed by atoms with Crippen LogP contribution in [0.4, 0.5) is 0 Å². The maximum Gasteiger partial charge on any atom is 0.0701 e. The van der Waals surface area contributed by atoms with Crippen molar-refractivity contribution in [2.24, 2.45) is 0 Å². The first-order valence-corrected chi connectivity index (χ1v) is 6.57. The van der Waals surface area contributed by atoms with Crippen molar-refractivity contribution in [3.05, 3.63) is 20.8 Å². The van der Waals surface area contributed by atoms with Crippen LogP contribution in [0.1, 0.15) is 31.6 Å². The van der Waals surface area contributed by atoms with E-state index in [4.69, 9.17) is 0 Å². The van der Waals surface area contributed by atoms with E-state index in [0.29, 0.717) is 5.54 Å². The number of nitrogens with one attached hydrogen (secondary N) is 1. The van der Waals surface area contributed by atoms with Crippen LogP contribution in [0.15, 0.2) is 15.9 Å². The van der Waals surface area contributed by atoms with Gasteiger partial charge in [-0.1, -0.05) is 13.8 Å². The lowest BCUT2D eigenvalue weighted by molar-refractivity contribution is 0.344. The molecule has 3 heteroatoms. The van der Waals surface area contributed by atoms with E-state index in [0.717, 1.165) is 0 Å². The van der Waals surface area contributed by atoms with E-state index < -0.39 is 0 Å². The first-order valence-electron chi connectivity index (χ1n) is 4.97. The molecule has 1 heterocycles. The molecule has 0 aliphatic heterocycles. The van der Waals surface area contributed by atoms with E-state index in [9.17, 15) is 0 Å². The number of likely N-dealkylation sites (N-methyl/N-ethyl adjacent to an activating group) is 1. The molecule has 1 fully saturated rings. The molecular weight excluding hydrogens is 258 g/mol. The van der Waals surface area contributed by atoms with Gasteiger partial charge in [-0.25, -0.2) is 0 Å². The minimum atomic E-state index is 0.248. The Kier molecular flexibility index (Phi) is 2.53. The summed E-state index contributed by atoms with van der Waals surface area (Å²) in [7, 11) is 2.08. The minimum Gasteiger partial charge on any atom is -0.313 e. The van der Waals surface area contributed by atoms with Crippen molar-refractivity contribution in [1.29, 1.82) is 0 Å². The predicted octanol–water partition coefficient (Wildman–Crippen LogP) is 3.54. The fraction of sp³-hybridized carbons (Fsp3) is 0.636. The van der Waals surface area contributed by atoms with Crippen LogP contribution in [0, 0.1) is 0 Å². The van der Waals surface area contributed by atoms with Crippen LogP contribution < -0.4 is 5.32 Å². The molecular formula is C11H16BrNS. The molecule has 78 valence electrons. The summed E-state index contributed by atoms with van der Waals surface area (Å²) in [6, 6.07) is 4.39.